The summed E-state index contributed by atoms with van der Waals surface area (Å²) in [7, 11) is 0. The highest BCUT2D eigenvalue weighted by molar-refractivity contribution is 9.10. The van der Waals surface area contributed by atoms with E-state index in [-0.39, 0.29) is 17.9 Å². The molecule has 0 aromatic heterocycles. The fourth-order valence-corrected chi connectivity index (χ4v) is 2.96. The molecule has 1 aromatic rings. The van der Waals surface area contributed by atoms with Crippen LogP contribution in [0.2, 0.25) is 0 Å². The van der Waals surface area contributed by atoms with E-state index in [2.05, 4.69) is 21.2 Å². The molecule has 126 valence electrons. The minimum Gasteiger partial charge on any atom is -0.466 e. The van der Waals surface area contributed by atoms with E-state index in [4.69, 9.17) is 4.74 Å². The van der Waals surface area contributed by atoms with Gasteiger partial charge in [-0.25, -0.2) is 4.79 Å². The second-order valence-corrected chi connectivity index (χ2v) is 6.56. The van der Waals surface area contributed by atoms with Crippen LogP contribution in [-0.4, -0.2) is 43.1 Å². The zero-order valence-electron chi connectivity index (χ0n) is 13.4. The van der Waals surface area contributed by atoms with Gasteiger partial charge in [-0.05, 0) is 43.9 Å². The lowest BCUT2D eigenvalue weighted by Gasteiger charge is -2.31. The lowest BCUT2D eigenvalue weighted by Crippen LogP contribution is -2.47. The van der Waals surface area contributed by atoms with E-state index < -0.39 is 0 Å². The minimum atomic E-state index is -0.195. The van der Waals surface area contributed by atoms with Crippen molar-refractivity contribution in [1.29, 1.82) is 0 Å². The van der Waals surface area contributed by atoms with Crippen LogP contribution in [0, 0.1) is 5.92 Å². The molecule has 0 bridgehead atoms. The van der Waals surface area contributed by atoms with Gasteiger partial charge in [0.25, 0.3) is 0 Å². The van der Waals surface area contributed by atoms with Crippen LogP contribution in [-0.2, 0) is 16.0 Å². The van der Waals surface area contributed by atoms with Gasteiger partial charge in [-0.2, -0.15) is 0 Å². The molecule has 23 heavy (non-hydrogen) atoms. The number of nitrogens with zero attached hydrogens (tertiary/aromatic N) is 1. The van der Waals surface area contributed by atoms with Crippen LogP contribution >= 0.6 is 15.9 Å². The van der Waals surface area contributed by atoms with E-state index in [0.29, 0.717) is 26.2 Å². The van der Waals surface area contributed by atoms with Gasteiger partial charge in [-0.3, -0.25) is 4.79 Å². The molecule has 0 aliphatic carbocycles. The van der Waals surface area contributed by atoms with Crippen molar-refractivity contribution in [1.82, 2.24) is 10.2 Å². The Kier molecular flexibility index (Phi) is 6.89. The van der Waals surface area contributed by atoms with Crippen LogP contribution < -0.4 is 5.32 Å². The molecule has 1 aliphatic rings. The average Bonchev–Trinajstić information content (AvgIpc) is 2.57. The van der Waals surface area contributed by atoms with E-state index in [1.807, 2.05) is 24.3 Å². The number of esters is 1. The van der Waals surface area contributed by atoms with Gasteiger partial charge in [0.15, 0.2) is 0 Å². The van der Waals surface area contributed by atoms with Gasteiger partial charge in [0.1, 0.15) is 0 Å². The number of halogens is 1. The van der Waals surface area contributed by atoms with Gasteiger partial charge in [0.2, 0.25) is 0 Å². The van der Waals surface area contributed by atoms with E-state index in [1.54, 1.807) is 11.8 Å². The molecule has 1 heterocycles. The lowest BCUT2D eigenvalue weighted by atomic mass is 9.98. The number of ether oxygens (including phenoxy) is 1. The molecule has 5 nitrogen and oxygen atoms in total. The molecule has 1 aromatic carbocycles. The Labute approximate surface area is 145 Å². The third kappa shape index (κ3) is 5.53. The quantitative estimate of drug-likeness (QED) is 0.796. The summed E-state index contributed by atoms with van der Waals surface area (Å²) in [6.07, 6.45) is 2.42. The van der Waals surface area contributed by atoms with Crippen LogP contribution in [0.15, 0.2) is 28.7 Å². The maximum Gasteiger partial charge on any atom is 0.317 e. The molecule has 0 spiro atoms. The summed E-state index contributed by atoms with van der Waals surface area (Å²) in [4.78, 5) is 25.7. The first kappa shape index (κ1) is 17.8. The molecule has 1 atom stereocenters. The zero-order valence-corrected chi connectivity index (χ0v) is 15.0. The molecular formula is C17H23BrN2O3. The largest absolute Gasteiger partial charge is 0.466 e. The Morgan fingerprint density at radius 1 is 1.35 bits per heavy atom. The number of urea groups is 1. The van der Waals surface area contributed by atoms with Crippen molar-refractivity contribution in [3.63, 3.8) is 0 Å². The topological polar surface area (TPSA) is 58.6 Å². The highest BCUT2D eigenvalue weighted by Gasteiger charge is 2.29. The molecule has 6 heteroatoms. The normalized spacial score (nSPS) is 17.7. The molecule has 1 saturated heterocycles. The number of nitrogens with one attached hydrogen (secondary N) is 1. The standard InChI is InChI=1S/C17H23BrN2O3/c1-2-23-16(21)14-4-3-11-20(12-14)17(22)19-10-9-13-5-7-15(18)8-6-13/h5-8,14H,2-4,9-12H2,1H3,(H,19,22). The molecule has 0 radical (unpaired) electrons. The third-order valence-corrected chi connectivity index (χ3v) is 4.46. The highest BCUT2D eigenvalue weighted by Crippen LogP contribution is 2.18. The maximum absolute atomic E-state index is 12.2. The average molecular weight is 383 g/mol. The number of carbonyl (C=O) groups is 2. The summed E-state index contributed by atoms with van der Waals surface area (Å²) in [6.45, 7) is 3.91. The number of piperidine rings is 1. The Balaban J connectivity index is 1.76. The Morgan fingerprint density at radius 3 is 2.78 bits per heavy atom. The van der Waals surface area contributed by atoms with Crippen molar-refractivity contribution >= 4 is 27.9 Å². The van der Waals surface area contributed by atoms with Crippen LogP contribution in [0.5, 0.6) is 0 Å². The van der Waals surface area contributed by atoms with Crippen LogP contribution in [0.3, 0.4) is 0 Å². The van der Waals surface area contributed by atoms with E-state index in [9.17, 15) is 9.59 Å². The number of hydrogen-bond donors (Lipinski definition) is 1. The van der Waals surface area contributed by atoms with E-state index in [1.165, 1.54) is 5.56 Å². The molecule has 1 aliphatic heterocycles. The smallest absolute Gasteiger partial charge is 0.317 e. The van der Waals surface area contributed by atoms with Crippen LogP contribution in [0.25, 0.3) is 0 Å². The van der Waals surface area contributed by atoms with Gasteiger partial charge < -0.3 is 15.0 Å². The molecule has 2 rings (SSSR count). The molecule has 0 saturated carbocycles. The number of hydrogen-bond acceptors (Lipinski definition) is 3. The van der Waals surface area contributed by atoms with Gasteiger partial charge in [0.05, 0.1) is 12.5 Å². The second-order valence-electron chi connectivity index (χ2n) is 5.65. The Hall–Kier alpha value is -1.56. The van der Waals surface area contributed by atoms with Gasteiger partial charge in [-0.1, -0.05) is 28.1 Å². The number of likely N-dealkylation sites (tertiary alicyclic amines) is 1. The summed E-state index contributed by atoms with van der Waals surface area (Å²) < 4.78 is 6.10. The van der Waals surface area contributed by atoms with Crippen molar-refractivity contribution in [2.45, 2.75) is 26.2 Å². The predicted molar refractivity (Wildman–Crippen MR) is 92.2 cm³/mol. The zero-order chi connectivity index (χ0) is 16.7. The molecule has 1 unspecified atom stereocenters. The van der Waals surface area contributed by atoms with Crippen LogP contribution in [0.4, 0.5) is 4.79 Å². The van der Waals surface area contributed by atoms with Crippen molar-refractivity contribution in [3.8, 4) is 0 Å². The fraction of sp³-hybridized carbons (Fsp3) is 0.529. The second kappa shape index (κ2) is 8.91. The predicted octanol–water partition coefficient (Wildman–Crippen LogP) is 2.98. The summed E-state index contributed by atoms with van der Waals surface area (Å²) in [6, 6.07) is 7.95. The lowest BCUT2D eigenvalue weighted by molar-refractivity contribution is -0.149. The van der Waals surface area contributed by atoms with Gasteiger partial charge in [-0.15, -0.1) is 0 Å². The summed E-state index contributed by atoms with van der Waals surface area (Å²) in [5.41, 5.74) is 1.18. The number of rotatable bonds is 5. The monoisotopic (exact) mass is 382 g/mol. The first-order valence-electron chi connectivity index (χ1n) is 8.04. The van der Waals surface area contributed by atoms with E-state index in [0.717, 1.165) is 23.7 Å². The van der Waals surface area contributed by atoms with Crippen molar-refractivity contribution in [3.05, 3.63) is 34.3 Å². The van der Waals surface area contributed by atoms with Gasteiger partial charge in [0, 0.05) is 24.1 Å². The summed E-state index contributed by atoms with van der Waals surface area (Å²) in [5.74, 6) is -0.388. The van der Waals surface area contributed by atoms with Gasteiger partial charge >= 0.3 is 12.0 Å². The van der Waals surface area contributed by atoms with Crippen molar-refractivity contribution in [2.75, 3.05) is 26.2 Å². The molecule has 1 N–H and O–H groups in total. The highest BCUT2D eigenvalue weighted by atomic mass is 79.9. The Bertz CT molecular complexity index is 533. The molecule has 2 amide bonds. The van der Waals surface area contributed by atoms with E-state index >= 15 is 0 Å². The van der Waals surface area contributed by atoms with Crippen LogP contribution in [0.1, 0.15) is 25.3 Å². The number of carbonyl (C=O) groups excluding carboxylic acids is 2. The first-order valence-corrected chi connectivity index (χ1v) is 8.83. The first-order chi connectivity index (χ1) is 11.1. The molecular weight excluding hydrogens is 360 g/mol. The minimum absolute atomic E-state index is 0.101. The van der Waals surface area contributed by atoms with Crippen molar-refractivity contribution in [2.24, 2.45) is 5.92 Å². The summed E-state index contributed by atoms with van der Waals surface area (Å²) in [5, 5.41) is 2.93. The SMILES string of the molecule is CCOC(=O)C1CCCN(C(=O)NCCc2ccc(Br)cc2)C1. The fourth-order valence-electron chi connectivity index (χ4n) is 2.69. The number of amides is 2. The number of benzene rings is 1. The summed E-state index contributed by atoms with van der Waals surface area (Å²) >= 11 is 3.40. The maximum atomic E-state index is 12.2. The third-order valence-electron chi connectivity index (χ3n) is 3.93. The Morgan fingerprint density at radius 2 is 2.09 bits per heavy atom. The molecule has 1 fully saturated rings. The van der Waals surface area contributed by atoms with Crippen molar-refractivity contribution < 1.29 is 14.3 Å².